The van der Waals surface area contributed by atoms with Crippen molar-refractivity contribution in [2.75, 3.05) is 13.2 Å². The lowest BCUT2D eigenvalue weighted by Crippen LogP contribution is -2.52. The van der Waals surface area contributed by atoms with Gasteiger partial charge in [-0.05, 0) is 44.8 Å². The van der Waals surface area contributed by atoms with E-state index in [4.69, 9.17) is 4.74 Å². The Labute approximate surface area is 129 Å². The van der Waals surface area contributed by atoms with E-state index < -0.39 is 5.54 Å². The van der Waals surface area contributed by atoms with Gasteiger partial charge in [0.2, 0.25) is 0 Å². The van der Waals surface area contributed by atoms with Crippen LogP contribution < -0.4 is 5.32 Å². The summed E-state index contributed by atoms with van der Waals surface area (Å²) in [5.74, 6) is -0.182. The summed E-state index contributed by atoms with van der Waals surface area (Å²) < 4.78 is 10.1. The quantitative estimate of drug-likeness (QED) is 0.558. The molecule has 0 saturated heterocycles. The van der Waals surface area contributed by atoms with E-state index >= 15 is 0 Å². The molecule has 0 fully saturated rings. The third kappa shape index (κ3) is 5.38. The fraction of sp³-hybridized carbons (Fsp3) is 0.769. The minimum absolute atomic E-state index is 0.182. The van der Waals surface area contributed by atoms with Gasteiger partial charge in [-0.2, -0.15) is 4.37 Å². The first-order valence-corrected chi connectivity index (χ1v) is 8.52. The highest BCUT2D eigenvalue weighted by molar-refractivity contribution is 8.01. The molecule has 7 heteroatoms. The fourth-order valence-electron chi connectivity index (χ4n) is 1.92. The summed E-state index contributed by atoms with van der Waals surface area (Å²) in [4.78, 5) is 16.4. The summed E-state index contributed by atoms with van der Waals surface area (Å²) in [6.45, 7) is 9.12. The van der Waals surface area contributed by atoms with Crippen LogP contribution in [0.1, 0.15) is 40.5 Å². The van der Waals surface area contributed by atoms with Gasteiger partial charge >= 0.3 is 5.97 Å². The number of esters is 1. The second-order valence-electron chi connectivity index (χ2n) is 4.82. The summed E-state index contributed by atoms with van der Waals surface area (Å²) in [5, 5.41) is 3.57. The molecular formula is C13H23N3O2S2. The average Bonchev–Trinajstić information content (AvgIpc) is 2.89. The van der Waals surface area contributed by atoms with Crippen LogP contribution in [0.4, 0.5) is 0 Å². The van der Waals surface area contributed by atoms with Gasteiger partial charge < -0.3 is 10.1 Å². The zero-order chi connectivity index (χ0) is 15.0. The van der Waals surface area contributed by atoms with Crippen LogP contribution in [-0.4, -0.2) is 39.3 Å². The van der Waals surface area contributed by atoms with Gasteiger partial charge in [-0.15, -0.1) is 0 Å². The predicted octanol–water partition coefficient (Wildman–Crippen LogP) is 2.73. The maximum absolute atomic E-state index is 12.2. The third-order valence-electron chi connectivity index (χ3n) is 2.83. The molecule has 2 atom stereocenters. The maximum atomic E-state index is 12.2. The van der Waals surface area contributed by atoms with Gasteiger partial charge in [0.05, 0.1) is 6.61 Å². The van der Waals surface area contributed by atoms with Crippen molar-refractivity contribution in [2.24, 2.45) is 0 Å². The third-order valence-corrected chi connectivity index (χ3v) is 4.68. The van der Waals surface area contributed by atoms with E-state index in [1.54, 1.807) is 18.1 Å². The maximum Gasteiger partial charge on any atom is 0.326 e. The Bertz CT molecular complexity index is 400. The summed E-state index contributed by atoms with van der Waals surface area (Å²) in [6.07, 6.45) is 3.22. The molecule has 5 nitrogen and oxygen atoms in total. The zero-order valence-electron chi connectivity index (χ0n) is 12.5. The van der Waals surface area contributed by atoms with Gasteiger partial charge in [-0.1, -0.05) is 25.6 Å². The topological polar surface area (TPSA) is 64.1 Å². The molecule has 1 aromatic heterocycles. The molecule has 2 unspecified atom stereocenters. The van der Waals surface area contributed by atoms with E-state index in [9.17, 15) is 4.79 Å². The van der Waals surface area contributed by atoms with Crippen molar-refractivity contribution in [3.8, 4) is 0 Å². The number of carbonyl (C=O) groups is 1. The number of nitrogens with one attached hydrogen (secondary N) is 1. The van der Waals surface area contributed by atoms with E-state index in [1.165, 1.54) is 11.5 Å². The highest BCUT2D eigenvalue weighted by Crippen LogP contribution is 2.29. The minimum atomic E-state index is -0.650. The first-order chi connectivity index (χ1) is 9.51. The van der Waals surface area contributed by atoms with Gasteiger partial charge in [0.15, 0.2) is 4.34 Å². The Morgan fingerprint density at radius 1 is 1.60 bits per heavy atom. The SMILES string of the molecule is CCCNC(C)(CC(C)Sc1ncns1)C(=O)OCC. The summed E-state index contributed by atoms with van der Waals surface area (Å²) in [7, 11) is 0. The molecule has 1 aromatic rings. The molecular weight excluding hydrogens is 294 g/mol. The highest BCUT2D eigenvalue weighted by atomic mass is 32.2. The van der Waals surface area contributed by atoms with Crippen molar-refractivity contribution >= 4 is 29.3 Å². The first kappa shape index (κ1) is 17.4. The van der Waals surface area contributed by atoms with E-state index in [1.807, 2.05) is 13.8 Å². The van der Waals surface area contributed by atoms with E-state index in [0.29, 0.717) is 13.0 Å². The fourth-order valence-corrected chi connectivity index (χ4v) is 3.86. The lowest BCUT2D eigenvalue weighted by atomic mass is 9.96. The zero-order valence-corrected chi connectivity index (χ0v) is 14.1. The van der Waals surface area contributed by atoms with Crippen LogP contribution in [0.25, 0.3) is 0 Å². The molecule has 0 aromatic carbocycles. The number of ether oxygens (including phenoxy) is 1. The molecule has 1 rings (SSSR count). The van der Waals surface area contributed by atoms with E-state index in [2.05, 4.69) is 28.5 Å². The number of carbonyl (C=O) groups excluding carboxylic acids is 1. The van der Waals surface area contributed by atoms with Crippen molar-refractivity contribution in [1.29, 1.82) is 0 Å². The van der Waals surface area contributed by atoms with Crippen molar-refractivity contribution in [2.45, 2.75) is 55.7 Å². The number of nitrogens with zero attached hydrogens (tertiary/aromatic N) is 2. The van der Waals surface area contributed by atoms with Gasteiger partial charge in [0.25, 0.3) is 0 Å². The highest BCUT2D eigenvalue weighted by Gasteiger charge is 2.35. The average molecular weight is 317 g/mol. The minimum Gasteiger partial charge on any atom is -0.465 e. The van der Waals surface area contributed by atoms with Crippen LogP contribution in [0.2, 0.25) is 0 Å². The van der Waals surface area contributed by atoms with Crippen LogP contribution in [-0.2, 0) is 9.53 Å². The second-order valence-corrected chi connectivity index (χ2v) is 7.28. The number of hydrogen-bond acceptors (Lipinski definition) is 7. The Kier molecular flexibility index (Phi) is 7.47. The number of hydrogen-bond donors (Lipinski definition) is 1. The van der Waals surface area contributed by atoms with Crippen LogP contribution in [0.3, 0.4) is 0 Å². The van der Waals surface area contributed by atoms with Crippen molar-refractivity contribution in [3.05, 3.63) is 6.33 Å². The molecule has 0 aliphatic heterocycles. The van der Waals surface area contributed by atoms with Crippen LogP contribution in [0, 0.1) is 0 Å². The Balaban J connectivity index is 2.64. The smallest absolute Gasteiger partial charge is 0.326 e. The summed E-state index contributed by atoms with van der Waals surface area (Å²) >= 11 is 3.02. The van der Waals surface area contributed by atoms with Crippen LogP contribution >= 0.6 is 23.3 Å². The predicted molar refractivity (Wildman–Crippen MR) is 83.2 cm³/mol. The van der Waals surface area contributed by atoms with E-state index in [0.717, 1.165) is 17.3 Å². The Morgan fingerprint density at radius 2 is 2.35 bits per heavy atom. The number of aromatic nitrogens is 2. The summed E-state index contributed by atoms with van der Waals surface area (Å²) in [5.41, 5.74) is -0.650. The van der Waals surface area contributed by atoms with E-state index in [-0.39, 0.29) is 11.2 Å². The molecule has 0 spiro atoms. The Morgan fingerprint density at radius 3 is 2.90 bits per heavy atom. The van der Waals surface area contributed by atoms with Gasteiger partial charge in [-0.25, -0.2) is 4.98 Å². The molecule has 1 N–H and O–H groups in total. The molecule has 0 aliphatic carbocycles. The molecule has 0 aliphatic rings. The lowest BCUT2D eigenvalue weighted by Gasteiger charge is -2.30. The van der Waals surface area contributed by atoms with Crippen molar-refractivity contribution in [3.63, 3.8) is 0 Å². The van der Waals surface area contributed by atoms with Crippen LogP contribution in [0.5, 0.6) is 0 Å². The molecule has 0 bridgehead atoms. The number of rotatable bonds is 9. The van der Waals surface area contributed by atoms with Gasteiger partial charge in [-0.3, -0.25) is 4.79 Å². The van der Waals surface area contributed by atoms with Gasteiger partial charge in [0.1, 0.15) is 11.9 Å². The number of thioether (sulfide) groups is 1. The second kappa shape index (κ2) is 8.59. The van der Waals surface area contributed by atoms with Gasteiger partial charge in [0, 0.05) is 5.25 Å². The van der Waals surface area contributed by atoms with Crippen molar-refractivity contribution in [1.82, 2.24) is 14.7 Å². The molecule has 0 amide bonds. The monoisotopic (exact) mass is 317 g/mol. The van der Waals surface area contributed by atoms with Crippen molar-refractivity contribution < 1.29 is 9.53 Å². The first-order valence-electron chi connectivity index (χ1n) is 6.87. The molecule has 20 heavy (non-hydrogen) atoms. The molecule has 1 heterocycles. The lowest BCUT2D eigenvalue weighted by molar-refractivity contribution is -0.150. The Hall–Kier alpha value is -0.660. The standard InChI is InChI=1S/C13H23N3O2S2/c1-5-7-15-13(4,11(17)18-6-2)8-10(3)19-12-14-9-16-20-12/h9-10,15H,5-8H2,1-4H3. The molecule has 114 valence electrons. The molecule has 0 saturated carbocycles. The normalized spacial score (nSPS) is 15.6. The largest absolute Gasteiger partial charge is 0.465 e. The molecule has 0 radical (unpaired) electrons. The van der Waals surface area contributed by atoms with Crippen LogP contribution in [0.15, 0.2) is 10.7 Å². The summed E-state index contributed by atoms with van der Waals surface area (Å²) in [6, 6.07) is 0.